The van der Waals surface area contributed by atoms with Crippen LogP contribution in [0.1, 0.15) is 216 Å². The molecule has 2 aromatic heterocycles. The van der Waals surface area contributed by atoms with Crippen molar-refractivity contribution in [1.29, 1.82) is 0 Å². The summed E-state index contributed by atoms with van der Waals surface area (Å²) in [4.78, 5) is 6.47. The van der Waals surface area contributed by atoms with Gasteiger partial charge in [-0.1, -0.05) is 237 Å². The summed E-state index contributed by atoms with van der Waals surface area (Å²) in [5, 5.41) is 10.7. The number of hydrogen-bond acceptors (Lipinski definition) is 8. The fourth-order valence-corrected chi connectivity index (χ4v) is 16.1. The number of thiophene rings is 2. The Balaban J connectivity index is 0.000000174. The summed E-state index contributed by atoms with van der Waals surface area (Å²) in [6.45, 7) is 45.5. The summed E-state index contributed by atoms with van der Waals surface area (Å²) in [7, 11) is 0. The van der Waals surface area contributed by atoms with E-state index in [2.05, 4.69) is 359 Å². The third kappa shape index (κ3) is 17.4. The zero-order valence-electron chi connectivity index (χ0n) is 73.1. The summed E-state index contributed by atoms with van der Waals surface area (Å²) >= 11 is 9.87. The largest absolute Gasteiger partial charge is 0.492 e. The molecule has 0 saturated heterocycles. The van der Waals surface area contributed by atoms with Crippen LogP contribution in [0.2, 0.25) is 5.02 Å². The van der Waals surface area contributed by atoms with Crippen molar-refractivity contribution in [3.8, 4) is 11.5 Å². The zero-order valence-corrected chi connectivity index (χ0v) is 69.4. The van der Waals surface area contributed by atoms with Gasteiger partial charge < -0.3 is 29.5 Å². The van der Waals surface area contributed by atoms with Gasteiger partial charge in [0.05, 0.1) is 24.6 Å². The average molecular weight is 1480 g/mol. The molecule has 10 aromatic carbocycles. The first kappa shape index (κ1) is 69.9. The molecule has 6 nitrogen and oxygen atoms in total. The Labute approximate surface area is 662 Å². The second-order valence-corrected chi connectivity index (χ2v) is 38.9. The standard InChI is InChI=1S/C49H56N2OS.C27H32ClN.C22H25NOS/c1-32-25-39(50(36-19-13-33(14-20-36)46(2,3)4)37-21-15-34(16-22-37)47(5,6)7)27-40(26-32)51(38-23-17-35(18-24-38)48(8,9)10)43-30-53-45-29-42-44(28-41(43)45)52-31-49(42,11)12;1-19-16-22(28)18-25(17-19)29(23-12-8-20(9-13-23)26(2,3)4)24-14-10-21(11-15-24)27(5,6)7;1-21(2,3)14-6-8-15(9-7-14)23-18-12-25-20-11-17-19(10-16(18)20)24-13-22(17,4)5/h13-30H,31H2,1-12H3;8-18H,1-7H3;6-12,23H,13H2,1-5H3/i2*1D3;. The Bertz CT molecular complexity index is 5270. The van der Waals surface area contributed by atoms with Crippen molar-refractivity contribution < 1.29 is 17.7 Å². The van der Waals surface area contributed by atoms with E-state index in [0.29, 0.717) is 11.6 Å². The van der Waals surface area contributed by atoms with Crippen molar-refractivity contribution >= 4 is 117 Å². The Morgan fingerprint density at radius 2 is 0.664 bits per heavy atom. The van der Waals surface area contributed by atoms with Crippen LogP contribution in [0.4, 0.5) is 62.6 Å². The van der Waals surface area contributed by atoms with E-state index in [9.17, 15) is 0 Å². The Kier molecular flexibility index (Phi) is 19.2. The molecule has 14 rings (SSSR count). The molecule has 1 N–H and O–H groups in total. The summed E-state index contributed by atoms with van der Waals surface area (Å²) in [6.07, 6.45) is 0. The second kappa shape index (κ2) is 29.3. The van der Waals surface area contributed by atoms with Gasteiger partial charge >= 0.3 is 0 Å². The van der Waals surface area contributed by atoms with Crippen LogP contribution in [0.5, 0.6) is 11.5 Å². The van der Waals surface area contributed by atoms with E-state index in [1.54, 1.807) is 28.7 Å². The van der Waals surface area contributed by atoms with Gasteiger partial charge in [0.25, 0.3) is 0 Å². The molecule has 4 heterocycles. The quantitative estimate of drug-likeness (QED) is 0.139. The fraction of sp³-hybridized carbons (Fsp3) is 0.347. The Morgan fingerprint density at radius 1 is 0.355 bits per heavy atom. The SMILES string of the molecule is CC(C)(C)c1ccc(Nc2csc3cc4c(cc23)OCC4(C)C)cc1.[2H]C([2H])([2H])c1cc(Cl)cc(N(c2ccc(C(C)(C)C)cc2)c2ccc(C(C)(C)C)cc2)c1.[2H]C([2H])([2H])c1cc(N(c2ccc(C(C)(C)C)cc2)c2ccc(C(C)(C)C)cc2)cc(N(c2ccc(C(C)(C)C)cc2)c2csc3cc4c(cc23)OCC4(C)C)c1. The molecule has 0 radical (unpaired) electrons. The number of halogens is 1. The highest BCUT2D eigenvalue weighted by molar-refractivity contribution is 7.18. The highest BCUT2D eigenvalue weighted by atomic mass is 35.5. The summed E-state index contributed by atoms with van der Waals surface area (Å²) in [5.41, 5.74) is 21.0. The van der Waals surface area contributed by atoms with Crippen LogP contribution in [-0.4, -0.2) is 13.2 Å². The number of hydrogen-bond donors (Lipinski definition) is 1. The van der Waals surface area contributed by atoms with Crippen LogP contribution < -0.4 is 29.5 Å². The van der Waals surface area contributed by atoms with Crippen molar-refractivity contribution in [3.63, 3.8) is 0 Å². The van der Waals surface area contributed by atoms with Crippen LogP contribution in [0.25, 0.3) is 20.2 Å². The number of nitrogens with one attached hydrogen (secondary N) is 1. The second-order valence-electron chi connectivity index (χ2n) is 36.7. The molecule has 0 amide bonds. The number of benzene rings is 10. The van der Waals surface area contributed by atoms with Gasteiger partial charge in [0.1, 0.15) is 11.5 Å². The smallest absolute Gasteiger partial charge is 0.123 e. The van der Waals surface area contributed by atoms with Gasteiger partial charge in [0.15, 0.2) is 0 Å². The van der Waals surface area contributed by atoms with Gasteiger partial charge in [0, 0.05) is 117 Å². The molecule has 0 fully saturated rings. The zero-order chi connectivity index (χ0) is 82.3. The van der Waals surface area contributed by atoms with Gasteiger partial charge in [-0.25, -0.2) is 0 Å². The molecular weight excluding hydrogens is 1360 g/mol. The van der Waals surface area contributed by atoms with Crippen molar-refractivity contribution in [2.45, 2.75) is 209 Å². The maximum absolute atomic E-state index is 8.76. The molecule has 0 unspecified atom stereocenters. The topological polar surface area (TPSA) is 40.2 Å². The number of aryl methyl sites for hydroxylation is 2. The first-order chi connectivity index (χ1) is 52.4. The van der Waals surface area contributed by atoms with Crippen LogP contribution in [0, 0.1) is 13.7 Å². The lowest BCUT2D eigenvalue weighted by molar-refractivity contribution is 0.291. The van der Waals surface area contributed by atoms with Crippen LogP contribution >= 0.6 is 34.3 Å². The maximum Gasteiger partial charge on any atom is 0.123 e. The van der Waals surface area contributed by atoms with Crippen molar-refractivity contribution in [3.05, 3.63) is 278 Å². The molecule has 0 bridgehead atoms. The molecule has 107 heavy (non-hydrogen) atoms. The number of nitrogens with zero attached hydrogens (tertiary/aromatic N) is 3. The number of anilines is 11. The van der Waals surface area contributed by atoms with Crippen LogP contribution in [0.3, 0.4) is 0 Å². The molecule has 0 saturated carbocycles. The average Bonchev–Trinajstić information content (AvgIpc) is 1.69. The predicted octanol–water partition coefficient (Wildman–Crippen LogP) is 30.0. The fourth-order valence-electron chi connectivity index (χ4n) is 14.0. The monoisotopic (exact) mass is 1480 g/mol. The molecule has 12 aromatic rings. The van der Waals surface area contributed by atoms with Crippen molar-refractivity contribution in [2.75, 3.05) is 33.2 Å². The first-order valence-electron chi connectivity index (χ1n) is 40.6. The Morgan fingerprint density at radius 3 is 1.03 bits per heavy atom. The van der Waals surface area contributed by atoms with Gasteiger partial charge in [-0.2, -0.15) is 0 Å². The molecular formula is C98H113ClN4O2S2. The minimum atomic E-state index is -2.36. The highest BCUT2D eigenvalue weighted by Gasteiger charge is 2.35. The van der Waals surface area contributed by atoms with Crippen molar-refractivity contribution in [1.82, 2.24) is 0 Å². The lowest BCUT2D eigenvalue weighted by Gasteiger charge is -2.31. The summed E-state index contributed by atoms with van der Waals surface area (Å²) in [6, 6.07) is 71.4. The number of ether oxygens (including phenoxy) is 2. The van der Waals surface area contributed by atoms with E-state index in [4.69, 9.17) is 29.3 Å². The molecule has 0 spiro atoms. The Hall–Kier alpha value is -8.79. The molecule has 9 heteroatoms. The normalized spacial score (nSPS) is 15.1. The van der Waals surface area contributed by atoms with Gasteiger partial charge in [-0.3, -0.25) is 0 Å². The van der Waals surface area contributed by atoms with Crippen LogP contribution in [0.15, 0.2) is 217 Å². The van der Waals surface area contributed by atoms with E-state index >= 15 is 0 Å². The molecule has 2 aliphatic rings. The van der Waals surface area contributed by atoms with E-state index in [1.165, 1.54) is 65.4 Å². The van der Waals surface area contributed by atoms with Gasteiger partial charge in [-0.15, -0.1) is 22.7 Å². The first-order valence-corrected chi connectivity index (χ1v) is 39.7. The summed E-state index contributed by atoms with van der Waals surface area (Å²) in [5.74, 6) is 1.94. The lowest BCUT2D eigenvalue weighted by atomic mass is 9.86. The van der Waals surface area contributed by atoms with Crippen LogP contribution in [-0.2, 0) is 43.3 Å². The predicted molar refractivity (Wildman–Crippen MR) is 468 cm³/mol. The highest BCUT2D eigenvalue weighted by Crippen LogP contribution is 2.51. The minimum Gasteiger partial charge on any atom is -0.492 e. The third-order valence-electron chi connectivity index (χ3n) is 20.8. The summed E-state index contributed by atoms with van der Waals surface area (Å²) < 4.78 is 64.6. The molecule has 556 valence electrons. The van der Waals surface area contributed by atoms with E-state index in [1.807, 2.05) is 18.2 Å². The molecule has 0 atom stereocenters. The van der Waals surface area contributed by atoms with E-state index in [0.717, 1.165) is 86.1 Å². The molecule has 2 aliphatic heterocycles. The van der Waals surface area contributed by atoms with E-state index in [-0.39, 0.29) is 54.4 Å². The maximum atomic E-state index is 8.76. The minimum absolute atomic E-state index is 0.0146. The lowest BCUT2D eigenvalue weighted by Crippen LogP contribution is -2.18. The molecule has 0 aliphatic carbocycles. The van der Waals surface area contributed by atoms with Crippen molar-refractivity contribution in [2.24, 2.45) is 0 Å². The number of fused-ring (bicyclic) bond motifs is 4. The number of rotatable bonds is 11. The van der Waals surface area contributed by atoms with Gasteiger partial charge in [-0.05, 0) is 224 Å². The third-order valence-corrected chi connectivity index (χ3v) is 22.9. The van der Waals surface area contributed by atoms with Gasteiger partial charge in [0.2, 0.25) is 0 Å². The van der Waals surface area contributed by atoms with E-state index < -0.39 is 13.7 Å².